The minimum absolute atomic E-state index is 0.173. The molecule has 0 unspecified atom stereocenters. The lowest BCUT2D eigenvalue weighted by Gasteiger charge is -2.07. The van der Waals surface area contributed by atoms with Crippen LogP contribution in [-0.4, -0.2) is 37.4 Å². The van der Waals surface area contributed by atoms with Gasteiger partial charge in [-0.2, -0.15) is 0 Å². The Kier molecular flexibility index (Phi) is 7.35. The highest BCUT2D eigenvalue weighted by atomic mass is 19.1. The summed E-state index contributed by atoms with van der Waals surface area (Å²) in [7, 11) is 0. The van der Waals surface area contributed by atoms with Gasteiger partial charge in [0.25, 0.3) is 11.8 Å². The maximum atomic E-state index is 12.8. The minimum atomic E-state index is -0.404. The van der Waals surface area contributed by atoms with Crippen LogP contribution in [0.15, 0.2) is 47.1 Å². The van der Waals surface area contributed by atoms with Crippen molar-refractivity contribution in [3.8, 4) is 0 Å². The molecule has 0 aliphatic heterocycles. The summed E-state index contributed by atoms with van der Waals surface area (Å²) in [6.07, 6.45) is 2.12. The van der Waals surface area contributed by atoms with E-state index in [0.717, 1.165) is 0 Å². The second kappa shape index (κ2) is 9.97. The van der Waals surface area contributed by atoms with Gasteiger partial charge in [0.1, 0.15) is 5.82 Å². The lowest BCUT2D eigenvalue weighted by atomic mass is 10.2. The fourth-order valence-corrected chi connectivity index (χ4v) is 2.12. The molecule has 2 rings (SSSR count). The molecule has 0 saturated heterocycles. The van der Waals surface area contributed by atoms with Gasteiger partial charge in [-0.3, -0.25) is 14.4 Å². The van der Waals surface area contributed by atoms with E-state index >= 15 is 0 Å². The largest absolute Gasteiger partial charge is 0.459 e. The Morgan fingerprint density at radius 1 is 0.885 bits per heavy atom. The third-order valence-electron chi connectivity index (χ3n) is 3.45. The smallest absolute Gasteiger partial charge is 0.287 e. The molecule has 0 spiro atoms. The topological polar surface area (TPSA) is 100 Å². The summed E-state index contributed by atoms with van der Waals surface area (Å²) < 4.78 is 17.7. The molecular weight excluding hydrogens is 341 g/mol. The molecule has 26 heavy (non-hydrogen) atoms. The number of furan rings is 1. The van der Waals surface area contributed by atoms with Crippen molar-refractivity contribution in [3.05, 3.63) is 59.8 Å². The lowest BCUT2D eigenvalue weighted by Crippen LogP contribution is -2.34. The summed E-state index contributed by atoms with van der Waals surface area (Å²) in [6.45, 7) is 0.915. The monoisotopic (exact) mass is 361 g/mol. The second-order valence-electron chi connectivity index (χ2n) is 5.45. The molecule has 2 aromatic rings. The highest BCUT2D eigenvalue weighted by Gasteiger charge is 2.08. The quantitative estimate of drug-likeness (QED) is 0.589. The van der Waals surface area contributed by atoms with E-state index in [2.05, 4.69) is 16.0 Å². The van der Waals surface area contributed by atoms with E-state index in [1.807, 2.05) is 0 Å². The molecule has 0 atom stereocenters. The average molecular weight is 361 g/mol. The van der Waals surface area contributed by atoms with Gasteiger partial charge >= 0.3 is 0 Å². The van der Waals surface area contributed by atoms with Gasteiger partial charge in [-0.15, -0.1) is 0 Å². The Balaban J connectivity index is 1.53. The van der Waals surface area contributed by atoms with Crippen LogP contribution in [0, 0.1) is 5.82 Å². The summed E-state index contributed by atoms with van der Waals surface area (Å²) in [5, 5.41) is 7.95. The summed E-state index contributed by atoms with van der Waals surface area (Å²) in [6, 6.07) is 8.39. The maximum Gasteiger partial charge on any atom is 0.287 e. The normalized spacial score (nSPS) is 10.2. The lowest BCUT2D eigenvalue weighted by molar-refractivity contribution is -0.121. The number of hydrogen-bond acceptors (Lipinski definition) is 4. The van der Waals surface area contributed by atoms with E-state index in [-0.39, 0.29) is 36.4 Å². The van der Waals surface area contributed by atoms with E-state index in [1.54, 1.807) is 12.1 Å². The maximum absolute atomic E-state index is 12.8. The Morgan fingerprint density at radius 2 is 1.58 bits per heavy atom. The zero-order valence-electron chi connectivity index (χ0n) is 14.1. The summed E-state index contributed by atoms with van der Waals surface area (Å²) in [5.74, 6) is -1.01. The van der Waals surface area contributed by atoms with Crippen LogP contribution in [-0.2, 0) is 4.79 Å². The van der Waals surface area contributed by atoms with Gasteiger partial charge in [0.2, 0.25) is 5.91 Å². The highest BCUT2D eigenvalue weighted by molar-refractivity contribution is 5.94. The van der Waals surface area contributed by atoms with Crippen LogP contribution in [0.3, 0.4) is 0 Å². The van der Waals surface area contributed by atoms with Crippen LogP contribution in [0.5, 0.6) is 0 Å². The van der Waals surface area contributed by atoms with Gasteiger partial charge < -0.3 is 20.4 Å². The van der Waals surface area contributed by atoms with Gasteiger partial charge in [-0.25, -0.2) is 4.39 Å². The van der Waals surface area contributed by atoms with Gasteiger partial charge in [-0.05, 0) is 42.8 Å². The van der Waals surface area contributed by atoms with Crippen LogP contribution < -0.4 is 16.0 Å². The number of nitrogens with one attached hydrogen (secondary N) is 3. The molecule has 0 saturated carbocycles. The molecule has 0 fully saturated rings. The van der Waals surface area contributed by atoms with Gasteiger partial charge in [0.15, 0.2) is 5.76 Å². The zero-order chi connectivity index (χ0) is 18.8. The van der Waals surface area contributed by atoms with Crippen LogP contribution in [0.2, 0.25) is 0 Å². The molecule has 138 valence electrons. The molecule has 1 aromatic heterocycles. The first-order valence-electron chi connectivity index (χ1n) is 8.18. The average Bonchev–Trinajstić information content (AvgIpc) is 3.17. The van der Waals surface area contributed by atoms with Crippen LogP contribution in [0.4, 0.5) is 4.39 Å². The van der Waals surface area contributed by atoms with Gasteiger partial charge in [-0.1, -0.05) is 0 Å². The Hall–Kier alpha value is -3.16. The first-order valence-corrected chi connectivity index (χ1v) is 8.18. The van der Waals surface area contributed by atoms with Crippen molar-refractivity contribution in [2.75, 3.05) is 19.6 Å². The molecule has 3 N–H and O–H groups in total. The summed E-state index contributed by atoms with van der Waals surface area (Å²) in [5.41, 5.74) is 0.364. The Bertz CT molecular complexity index is 729. The Labute approximate surface area is 150 Å². The number of amides is 3. The van der Waals surface area contributed by atoms with Crippen molar-refractivity contribution in [1.82, 2.24) is 16.0 Å². The first-order chi connectivity index (χ1) is 12.6. The fraction of sp³-hybridized carbons (Fsp3) is 0.278. The number of carbonyl (C=O) groups is 3. The molecule has 1 heterocycles. The molecule has 3 amide bonds. The van der Waals surface area contributed by atoms with Crippen LogP contribution in [0.25, 0.3) is 0 Å². The van der Waals surface area contributed by atoms with Crippen LogP contribution in [0.1, 0.15) is 33.8 Å². The molecule has 1 aromatic carbocycles. The molecular formula is C18H20FN3O4. The number of halogens is 1. The van der Waals surface area contributed by atoms with E-state index in [1.165, 1.54) is 30.5 Å². The molecule has 8 heteroatoms. The molecule has 0 radical (unpaired) electrons. The van der Waals surface area contributed by atoms with Crippen LogP contribution >= 0.6 is 0 Å². The van der Waals surface area contributed by atoms with Crippen molar-refractivity contribution in [2.24, 2.45) is 0 Å². The third kappa shape index (κ3) is 6.39. The van der Waals surface area contributed by atoms with Crippen molar-refractivity contribution < 1.29 is 23.2 Å². The standard InChI is InChI=1S/C18H20FN3O4/c19-14-7-5-13(6-8-14)17(24)21-9-1-4-16(23)20-10-11-22-18(25)15-3-2-12-26-15/h2-3,5-8,12H,1,4,9-11H2,(H,20,23)(H,21,24)(H,22,25). The minimum Gasteiger partial charge on any atom is -0.459 e. The molecule has 0 aliphatic rings. The summed E-state index contributed by atoms with van der Waals surface area (Å²) in [4.78, 5) is 35.0. The van der Waals surface area contributed by atoms with Crippen molar-refractivity contribution in [2.45, 2.75) is 12.8 Å². The first kappa shape index (κ1) is 19.2. The summed E-state index contributed by atoms with van der Waals surface area (Å²) >= 11 is 0. The van der Waals surface area contributed by atoms with E-state index in [0.29, 0.717) is 25.1 Å². The van der Waals surface area contributed by atoms with Crippen molar-refractivity contribution >= 4 is 17.7 Å². The highest BCUT2D eigenvalue weighted by Crippen LogP contribution is 2.02. The van der Waals surface area contributed by atoms with E-state index in [4.69, 9.17) is 4.42 Å². The van der Waals surface area contributed by atoms with Crippen molar-refractivity contribution in [3.63, 3.8) is 0 Å². The zero-order valence-corrected chi connectivity index (χ0v) is 14.1. The van der Waals surface area contributed by atoms with E-state index in [9.17, 15) is 18.8 Å². The number of hydrogen-bond donors (Lipinski definition) is 3. The number of benzene rings is 1. The SMILES string of the molecule is O=C(CCCNC(=O)c1ccc(F)cc1)NCCNC(=O)c1ccco1. The number of carbonyl (C=O) groups excluding carboxylic acids is 3. The predicted molar refractivity (Wildman–Crippen MR) is 92.0 cm³/mol. The fourth-order valence-electron chi connectivity index (χ4n) is 2.12. The molecule has 0 bridgehead atoms. The molecule has 7 nitrogen and oxygen atoms in total. The van der Waals surface area contributed by atoms with Gasteiger partial charge in [0, 0.05) is 31.6 Å². The predicted octanol–water partition coefficient (Wildman–Crippen LogP) is 1.47. The second-order valence-corrected chi connectivity index (χ2v) is 5.45. The number of rotatable bonds is 9. The van der Waals surface area contributed by atoms with E-state index < -0.39 is 5.82 Å². The third-order valence-corrected chi connectivity index (χ3v) is 3.45. The molecule has 0 aliphatic carbocycles. The van der Waals surface area contributed by atoms with Crippen molar-refractivity contribution in [1.29, 1.82) is 0 Å². The van der Waals surface area contributed by atoms with Gasteiger partial charge in [0.05, 0.1) is 6.26 Å². The Morgan fingerprint density at radius 3 is 2.27 bits per heavy atom.